The molecule has 6 aromatic carbocycles. The molecule has 14 N–H and O–H groups in total. The fourth-order valence-corrected chi connectivity index (χ4v) is 7.74. The van der Waals surface area contributed by atoms with Crippen molar-refractivity contribution in [2.24, 2.45) is 0 Å². The van der Waals surface area contributed by atoms with Crippen molar-refractivity contribution in [1.29, 1.82) is 0 Å². The average molecular weight is 883 g/mol. The van der Waals surface area contributed by atoms with Crippen LogP contribution in [0.3, 0.4) is 0 Å². The van der Waals surface area contributed by atoms with E-state index in [9.17, 15) is 81.1 Å². The number of esters is 2. The van der Waals surface area contributed by atoms with Gasteiger partial charge in [0, 0.05) is 52.4 Å². The van der Waals surface area contributed by atoms with Crippen LogP contribution in [-0.4, -0.2) is 95.6 Å². The predicted octanol–water partition coefficient (Wildman–Crippen LogP) is 4.96. The molecule has 0 fully saturated rings. The number of ether oxygens (including phenoxy) is 4. The van der Waals surface area contributed by atoms with E-state index < -0.39 is 146 Å². The molecule has 20 heteroatoms. The van der Waals surface area contributed by atoms with Crippen molar-refractivity contribution in [3.8, 4) is 92.0 Å². The molecular formula is C44H34O20. The first-order chi connectivity index (χ1) is 30.3. The smallest absolute Gasteiger partial charge is 0.338 e. The summed E-state index contributed by atoms with van der Waals surface area (Å²) in [6, 6.07) is 12.6. The van der Waals surface area contributed by atoms with Crippen molar-refractivity contribution in [2.75, 3.05) is 0 Å². The number of phenols is 14. The number of carbonyl (C=O) groups is 2. The third-order valence-electron chi connectivity index (χ3n) is 10.7. The second-order valence-corrected chi connectivity index (χ2v) is 14.8. The highest BCUT2D eigenvalue weighted by atomic mass is 16.6. The van der Waals surface area contributed by atoms with E-state index in [0.29, 0.717) is 0 Å². The lowest BCUT2D eigenvalue weighted by molar-refractivity contribution is -0.0303. The van der Waals surface area contributed by atoms with Crippen molar-refractivity contribution >= 4 is 11.9 Å². The Morgan fingerprint density at radius 3 is 1.50 bits per heavy atom. The van der Waals surface area contributed by atoms with Crippen molar-refractivity contribution in [2.45, 2.75) is 36.8 Å². The van der Waals surface area contributed by atoms with Gasteiger partial charge in [-0.3, -0.25) is 0 Å². The average Bonchev–Trinajstić information content (AvgIpc) is 3.23. The maximum atomic E-state index is 14.1. The summed E-state index contributed by atoms with van der Waals surface area (Å²) in [7, 11) is 0. The number of rotatable bonds is 7. The third-order valence-corrected chi connectivity index (χ3v) is 10.7. The summed E-state index contributed by atoms with van der Waals surface area (Å²) >= 11 is 0. The van der Waals surface area contributed by atoms with Gasteiger partial charge in [0.2, 0.25) is 0 Å². The van der Waals surface area contributed by atoms with Crippen LogP contribution in [-0.2, 0) is 15.9 Å². The van der Waals surface area contributed by atoms with Gasteiger partial charge in [-0.2, -0.15) is 0 Å². The summed E-state index contributed by atoms with van der Waals surface area (Å²) in [6.07, 6.45) is -6.98. The van der Waals surface area contributed by atoms with Gasteiger partial charge in [0.1, 0.15) is 40.6 Å². The van der Waals surface area contributed by atoms with Crippen LogP contribution in [0.15, 0.2) is 78.9 Å². The van der Waals surface area contributed by atoms with E-state index in [0.717, 1.165) is 66.7 Å². The van der Waals surface area contributed by atoms with Gasteiger partial charge in [0.25, 0.3) is 0 Å². The van der Waals surface area contributed by atoms with Crippen molar-refractivity contribution < 1.29 is 100 Å². The Balaban J connectivity index is 1.34. The van der Waals surface area contributed by atoms with Gasteiger partial charge in [0.05, 0.1) is 17.0 Å². The number of hydrogen-bond acceptors (Lipinski definition) is 20. The Morgan fingerprint density at radius 2 is 0.969 bits per heavy atom. The zero-order valence-electron chi connectivity index (χ0n) is 32.3. The largest absolute Gasteiger partial charge is 0.508 e. The van der Waals surface area contributed by atoms with Gasteiger partial charge in [-0.05, 0) is 48.5 Å². The fourth-order valence-electron chi connectivity index (χ4n) is 7.74. The molecule has 0 aromatic heterocycles. The Hall–Kier alpha value is -8.94. The summed E-state index contributed by atoms with van der Waals surface area (Å²) in [5.74, 6) is -15.6. The second kappa shape index (κ2) is 15.5. The molecule has 0 radical (unpaired) electrons. The first-order valence-electron chi connectivity index (χ1n) is 18.7. The molecule has 20 nitrogen and oxygen atoms in total. The molecule has 8 rings (SSSR count). The molecule has 5 atom stereocenters. The molecule has 0 amide bonds. The Bertz CT molecular complexity index is 2860. The van der Waals surface area contributed by atoms with Crippen LogP contribution < -0.4 is 9.47 Å². The van der Waals surface area contributed by atoms with Crippen LogP contribution in [0.4, 0.5) is 0 Å². The monoisotopic (exact) mass is 882 g/mol. The number of aromatic hydroxyl groups is 14. The molecule has 330 valence electrons. The van der Waals surface area contributed by atoms with E-state index in [-0.39, 0.29) is 33.6 Å². The summed E-state index contributed by atoms with van der Waals surface area (Å²) < 4.78 is 24.6. The first-order valence-corrected chi connectivity index (χ1v) is 18.7. The van der Waals surface area contributed by atoms with E-state index in [2.05, 4.69) is 0 Å². The second-order valence-electron chi connectivity index (χ2n) is 14.8. The molecule has 0 aliphatic carbocycles. The highest BCUT2D eigenvalue weighted by Gasteiger charge is 2.49. The van der Waals surface area contributed by atoms with Crippen LogP contribution in [0.5, 0.6) is 92.0 Å². The van der Waals surface area contributed by atoms with Crippen LogP contribution in [0.2, 0.25) is 0 Å². The van der Waals surface area contributed by atoms with Crippen molar-refractivity contribution in [1.82, 2.24) is 0 Å². The highest BCUT2D eigenvalue weighted by molar-refractivity contribution is 5.92. The molecule has 6 aromatic rings. The molecule has 0 spiro atoms. The topological polar surface area (TPSA) is 354 Å². The minimum Gasteiger partial charge on any atom is -0.508 e. The third kappa shape index (κ3) is 7.23. The lowest BCUT2D eigenvalue weighted by Gasteiger charge is -2.42. The van der Waals surface area contributed by atoms with E-state index in [1.54, 1.807) is 0 Å². The maximum Gasteiger partial charge on any atom is 0.338 e. The molecule has 2 aliphatic rings. The molecule has 0 saturated carbocycles. The van der Waals surface area contributed by atoms with E-state index >= 15 is 0 Å². The molecule has 2 aliphatic heterocycles. The molecule has 0 saturated heterocycles. The summed E-state index contributed by atoms with van der Waals surface area (Å²) in [5.41, 5.74) is -1.85. The minimum atomic E-state index is -1.85. The van der Waals surface area contributed by atoms with Gasteiger partial charge in [-0.15, -0.1) is 0 Å². The Kier molecular flexibility index (Phi) is 10.1. The Morgan fingerprint density at radius 1 is 0.469 bits per heavy atom. The summed E-state index contributed by atoms with van der Waals surface area (Å²) in [4.78, 5) is 27.6. The standard InChI is InChI=1S/C44H34O20/c45-19-11-26(51)34-32(12-19)61-40(16-2-4-22(47)25(50)6-16)42(64-44(60)18-9-30(55)38(58)31(56)10-18)36(34)35-27(52)14-23(48)20-13-33(62-43(59)17-7-28(53)37(57)29(54)8-17)39(63-41(20)35)15-1-3-21(46)24(49)5-15/h1-12,14,33,36,39-40,42,45-58H,13H2/t33-,36?,39?,40?,42?/m0/s1. The predicted molar refractivity (Wildman–Crippen MR) is 213 cm³/mol. The number of phenolic OH excluding ortho intramolecular Hbond substituents is 14. The van der Waals surface area contributed by atoms with E-state index in [1.807, 2.05) is 0 Å². The zero-order chi connectivity index (χ0) is 46.0. The molecule has 64 heavy (non-hydrogen) atoms. The van der Waals surface area contributed by atoms with Gasteiger partial charge in [-0.25, -0.2) is 9.59 Å². The van der Waals surface area contributed by atoms with Crippen molar-refractivity contribution in [3.05, 3.63) is 118 Å². The normalized spacial score (nSPS) is 18.7. The molecule has 4 unspecified atom stereocenters. The maximum absolute atomic E-state index is 14.1. The molecular weight excluding hydrogens is 848 g/mol. The quantitative estimate of drug-likeness (QED) is 0.0744. The van der Waals surface area contributed by atoms with Gasteiger partial charge < -0.3 is 90.4 Å². The van der Waals surface area contributed by atoms with Crippen LogP contribution in [0.25, 0.3) is 0 Å². The molecule has 2 heterocycles. The number of hydrogen-bond donors (Lipinski definition) is 14. The van der Waals surface area contributed by atoms with Crippen molar-refractivity contribution in [3.63, 3.8) is 0 Å². The summed E-state index contributed by atoms with van der Waals surface area (Å²) in [5, 5.41) is 147. The van der Waals surface area contributed by atoms with Crippen LogP contribution in [0.1, 0.15) is 66.7 Å². The zero-order valence-corrected chi connectivity index (χ0v) is 32.3. The first kappa shape index (κ1) is 41.8. The minimum absolute atomic E-state index is 0.0106. The van der Waals surface area contributed by atoms with E-state index in [4.69, 9.17) is 18.9 Å². The summed E-state index contributed by atoms with van der Waals surface area (Å²) in [6.45, 7) is 0. The SMILES string of the molecule is O=C(OC1C(c2ccc(O)c(O)c2)Oc2cc(O)cc(O)c2C1c1c(O)cc(O)c2c1OC(c1ccc(O)c(O)c1)[C@@H](OC(=O)c1cc(O)c(O)c(O)c1)C2)c1cc(O)c(O)c(O)c1. The molecule has 0 bridgehead atoms. The van der Waals surface area contributed by atoms with Crippen LogP contribution >= 0.6 is 0 Å². The lowest BCUT2D eigenvalue weighted by atomic mass is 9.77. The highest BCUT2D eigenvalue weighted by Crippen LogP contribution is 2.58. The fraction of sp³-hybridized carbons (Fsp3) is 0.136. The van der Waals surface area contributed by atoms with Gasteiger partial charge >= 0.3 is 11.9 Å². The van der Waals surface area contributed by atoms with Crippen LogP contribution in [0, 0.1) is 0 Å². The number of carbonyl (C=O) groups excluding carboxylic acids is 2. The van der Waals surface area contributed by atoms with E-state index in [1.165, 1.54) is 12.1 Å². The van der Waals surface area contributed by atoms with Gasteiger partial charge in [0.15, 0.2) is 75.8 Å². The lowest BCUT2D eigenvalue weighted by Crippen LogP contribution is -2.40. The van der Waals surface area contributed by atoms with Gasteiger partial charge in [-0.1, -0.05) is 12.1 Å². The number of benzene rings is 6. The number of fused-ring (bicyclic) bond motifs is 2. The Labute approximate surface area is 358 Å².